The van der Waals surface area contributed by atoms with Crippen molar-refractivity contribution < 1.29 is 9.53 Å². The van der Waals surface area contributed by atoms with Crippen molar-refractivity contribution >= 4 is 17.5 Å². The van der Waals surface area contributed by atoms with E-state index in [4.69, 9.17) is 4.74 Å². The molecule has 0 atom stereocenters. The van der Waals surface area contributed by atoms with Crippen molar-refractivity contribution in [3.8, 4) is 5.75 Å². The summed E-state index contributed by atoms with van der Waals surface area (Å²) >= 11 is 0. The molecule has 0 unspecified atom stereocenters. The third-order valence-electron chi connectivity index (χ3n) is 2.78. The lowest BCUT2D eigenvalue weighted by atomic mass is 9.92. The van der Waals surface area contributed by atoms with E-state index < -0.39 is 5.41 Å². The van der Waals surface area contributed by atoms with Crippen LogP contribution in [0.5, 0.6) is 5.75 Å². The Bertz CT molecular complexity index is 448. The van der Waals surface area contributed by atoms with Crippen LogP contribution in [0.2, 0.25) is 0 Å². The highest BCUT2D eigenvalue weighted by atomic mass is 16.5. The van der Waals surface area contributed by atoms with Gasteiger partial charge in [-0.3, -0.25) is 4.79 Å². The molecule has 0 saturated heterocycles. The topological polar surface area (TPSA) is 88.2 Å². The minimum Gasteiger partial charge on any atom is -0.490 e. The first kappa shape index (κ1) is 15.0. The van der Waals surface area contributed by atoms with Gasteiger partial charge in [0, 0.05) is 20.6 Å². The van der Waals surface area contributed by atoms with Gasteiger partial charge in [0.05, 0.1) is 12.5 Å². The van der Waals surface area contributed by atoms with Crippen molar-refractivity contribution in [3.05, 3.63) is 6.33 Å². The zero-order chi connectivity index (χ0) is 14.5. The fourth-order valence-electron chi connectivity index (χ4n) is 1.59. The molecule has 1 heterocycles. The fourth-order valence-corrected chi connectivity index (χ4v) is 1.59. The van der Waals surface area contributed by atoms with E-state index >= 15 is 0 Å². The zero-order valence-corrected chi connectivity index (χ0v) is 12.0. The Balaban J connectivity index is 2.86. The number of hydrogen-bond acceptors (Lipinski definition) is 6. The second-order valence-electron chi connectivity index (χ2n) is 4.67. The fraction of sp³-hybridized carbons (Fsp3) is 0.583. The van der Waals surface area contributed by atoms with Gasteiger partial charge in [-0.25, -0.2) is 9.97 Å². The molecular formula is C12H21N5O2. The molecule has 0 aliphatic rings. The monoisotopic (exact) mass is 267 g/mol. The summed E-state index contributed by atoms with van der Waals surface area (Å²) < 4.78 is 5.27. The number of amides is 1. The lowest BCUT2D eigenvalue weighted by Gasteiger charge is -2.23. The maximum Gasteiger partial charge on any atom is 0.227 e. The molecule has 0 aliphatic carbocycles. The summed E-state index contributed by atoms with van der Waals surface area (Å²) in [6.45, 7) is 4.14. The van der Waals surface area contributed by atoms with Gasteiger partial charge in [0.1, 0.15) is 6.33 Å². The lowest BCUT2D eigenvalue weighted by Crippen LogP contribution is -2.39. The van der Waals surface area contributed by atoms with Crippen LogP contribution in [0.25, 0.3) is 0 Å². The van der Waals surface area contributed by atoms with Gasteiger partial charge in [0.15, 0.2) is 11.6 Å². The number of nitrogens with one attached hydrogen (secondary N) is 3. The van der Waals surface area contributed by atoms with E-state index in [0.717, 1.165) is 0 Å². The van der Waals surface area contributed by atoms with Gasteiger partial charge in [-0.15, -0.1) is 0 Å². The summed E-state index contributed by atoms with van der Waals surface area (Å²) in [5, 5.41) is 8.68. The maximum atomic E-state index is 11.7. The molecule has 7 nitrogen and oxygen atoms in total. The van der Waals surface area contributed by atoms with E-state index in [1.807, 2.05) is 13.8 Å². The highest BCUT2D eigenvalue weighted by Gasteiger charge is 2.27. The van der Waals surface area contributed by atoms with Gasteiger partial charge in [-0.2, -0.15) is 0 Å². The molecule has 3 N–H and O–H groups in total. The van der Waals surface area contributed by atoms with Gasteiger partial charge >= 0.3 is 0 Å². The van der Waals surface area contributed by atoms with E-state index in [1.165, 1.54) is 6.33 Å². The summed E-state index contributed by atoms with van der Waals surface area (Å²) in [5.41, 5.74) is -0.551. The maximum absolute atomic E-state index is 11.7. The number of carbonyl (C=O) groups excluding carboxylic acids is 1. The Kier molecular flexibility index (Phi) is 4.91. The quantitative estimate of drug-likeness (QED) is 0.703. The number of rotatable bonds is 6. The minimum absolute atomic E-state index is 0.0399. The average molecular weight is 267 g/mol. The molecule has 106 valence electrons. The molecule has 0 bridgehead atoms. The van der Waals surface area contributed by atoms with Crippen molar-refractivity contribution in [2.75, 3.05) is 38.4 Å². The number of nitrogens with zero attached hydrogens (tertiary/aromatic N) is 2. The summed E-state index contributed by atoms with van der Waals surface area (Å²) in [4.78, 5) is 19.9. The van der Waals surface area contributed by atoms with Crippen molar-refractivity contribution in [1.82, 2.24) is 15.3 Å². The average Bonchev–Trinajstić information content (AvgIpc) is 2.43. The summed E-state index contributed by atoms with van der Waals surface area (Å²) in [5.74, 6) is 1.64. The second-order valence-corrected chi connectivity index (χ2v) is 4.67. The van der Waals surface area contributed by atoms with Gasteiger partial charge in [-0.1, -0.05) is 0 Å². The number of aromatic nitrogens is 2. The minimum atomic E-state index is -0.551. The van der Waals surface area contributed by atoms with Crippen molar-refractivity contribution in [3.63, 3.8) is 0 Å². The van der Waals surface area contributed by atoms with Crippen LogP contribution >= 0.6 is 0 Å². The Morgan fingerprint density at radius 3 is 2.47 bits per heavy atom. The number of anilines is 2. The van der Waals surface area contributed by atoms with Crippen LogP contribution in [0.15, 0.2) is 6.33 Å². The Labute approximate surface area is 113 Å². The van der Waals surface area contributed by atoms with Crippen LogP contribution in [0.4, 0.5) is 11.6 Å². The highest BCUT2D eigenvalue weighted by Crippen LogP contribution is 2.29. The van der Waals surface area contributed by atoms with Crippen LogP contribution in [0, 0.1) is 5.41 Å². The molecule has 1 aromatic heterocycles. The molecule has 0 aliphatic heterocycles. The Hall–Kier alpha value is -2.05. The second kappa shape index (κ2) is 6.21. The van der Waals surface area contributed by atoms with E-state index in [1.54, 1.807) is 21.2 Å². The number of ether oxygens (including phenoxy) is 1. The molecule has 1 rings (SSSR count). The van der Waals surface area contributed by atoms with E-state index in [0.29, 0.717) is 23.9 Å². The third kappa shape index (κ3) is 3.46. The number of hydrogen-bond donors (Lipinski definition) is 3. The Morgan fingerprint density at radius 1 is 1.32 bits per heavy atom. The van der Waals surface area contributed by atoms with E-state index in [9.17, 15) is 4.79 Å². The molecule has 0 radical (unpaired) electrons. The van der Waals surface area contributed by atoms with Crippen LogP contribution in [0.1, 0.15) is 13.8 Å². The highest BCUT2D eigenvalue weighted by molar-refractivity contribution is 5.82. The van der Waals surface area contributed by atoms with E-state index in [2.05, 4.69) is 25.9 Å². The van der Waals surface area contributed by atoms with Crippen LogP contribution < -0.4 is 20.7 Å². The first-order valence-electron chi connectivity index (χ1n) is 5.99. The van der Waals surface area contributed by atoms with Gasteiger partial charge in [0.2, 0.25) is 11.7 Å². The predicted octanol–water partition coefficient (Wildman–Crippen LogP) is 0.711. The third-order valence-corrected chi connectivity index (χ3v) is 2.78. The molecule has 7 heteroatoms. The molecule has 0 fully saturated rings. The van der Waals surface area contributed by atoms with Gasteiger partial charge < -0.3 is 20.7 Å². The zero-order valence-electron chi connectivity index (χ0n) is 12.0. The molecule has 0 aromatic carbocycles. The van der Waals surface area contributed by atoms with Gasteiger partial charge in [-0.05, 0) is 13.8 Å². The number of methoxy groups -OCH3 is 1. The smallest absolute Gasteiger partial charge is 0.227 e. The Morgan fingerprint density at radius 2 is 1.95 bits per heavy atom. The molecule has 0 saturated carbocycles. The lowest BCUT2D eigenvalue weighted by molar-refractivity contribution is -0.128. The molecular weight excluding hydrogens is 246 g/mol. The van der Waals surface area contributed by atoms with Crippen molar-refractivity contribution in [2.45, 2.75) is 13.8 Å². The van der Waals surface area contributed by atoms with Crippen LogP contribution in [-0.2, 0) is 4.79 Å². The SMILES string of the molecule is CNC(=O)C(C)(C)CNc1ncnc(NC)c1OC. The molecule has 1 amide bonds. The van der Waals surface area contributed by atoms with Crippen molar-refractivity contribution in [1.29, 1.82) is 0 Å². The first-order chi connectivity index (χ1) is 8.96. The molecule has 19 heavy (non-hydrogen) atoms. The van der Waals surface area contributed by atoms with Crippen LogP contribution in [-0.4, -0.2) is 43.6 Å². The number of carbonyl (C=O) groups is 1. The standard InChI is InChI=1S/C12H21N5O2/c1-12(2,11(18)14-4)6-15-10-8(19-5)9(13-3)16-7-17-10/h7H,6H2,1-5H3,(H,14,18)(H2,13,15,16,17). The molecule has 0 spiro atoms. The molecule has 1 aromatic rings. The van der Waals surface area contributed by atoms with Gasteiger partial charge in [0.25, 0.3) is 0 Å². The summed E-state index contributed by atoms with van der Waals surface area (Å²) in [7, 11) is 4.92. The largest absolute Gasteiger partial charge is 0.490 e. The normalized spacial score (nSPS) is 10.8. The van der Waals surface area contributed by atoms with Crippen molar-refractivity contribution in [2.24, 2.45) is 5.41 Å². The van der Waals surface area contributed by atoms with E-state index in [-0.39, 0.29) is 5.91 Å². The first-order valence-corrected chi connectivity index (χ1v) is 5.99. The summed E-state index contributed by atoms with van der Waals surface area (Å²) in [6.07, 6.45) is 1.43. The summed E-state index contributed by atoms with van der Waals surface area (Å²) in [6, 6.07) is 0. The predicted molar refractivity (Wildman–Crippen MR) is 74.5 cm³/mol. The van der Waals surface area contributed by atoms with Crippen LogP contribution in [0.3, 0.4) is 0 Å².